The highest BCUT2D eigenvalue weighted by molar-refractivity contribution is 6.61. The predicted molar refractivity (Wildman–Crippen MR) is 104 cm³/mol. The lowest BCUT2D eigenvalue weighted by atomic mass is 9.81. The molecule has 2 saturated heterocycles. The summed E-state index contributed by atoms with van der Waals surface area (Å²) < 4.78 is 12.2. The lowest BCUT2D eigenvalue weighted by Crippen LogP contribution is -2.42. The highest BCUT2D eigenvalue weighted by atomic mass is 16.7. The van der Waals surface area contributed by atoms with E-state index in [4.69, 9.17) is 9.31 Å². The van der Waals surface area contributed by atoms with E-state index in [1.165, 1.54) is 12.8 Å². The Kier molecular flexibility index (Phi) is 4.46. The molecule has 0 N–H and O–H groups in total. The summed E-state index contributed by atoms with van der Waals surface area (Å²) in [7, 11) is -0.446. The van der Waals surface area contributed by atoms with Gasteiger partial charge in [-0.2, -0.15) is 0 Å². The van der Waals surface area contributed by atoms with Gasteiger partial charge in [-0.05, 0) is 47.0 Å². The Morgan fingerprint density at radius 1 is 1.11 bits per heavy atom. The second-order valence-electron chi connectivity index (χ2n) is 8.95. The quantitative estimate of drug-likeness (QED) is 0.744. The van der Waals surface area contributed by atoms with Crippen molar-refractivity contribution in [2.45, 2.75) is 77.2 Å². The number of nitrogens with zero attached hydrogens (tertiary/aromatic N) is 4. The van der Waals surface area contributed by atoms with Gasteiger partial charge >= 0.3 is 7.12 Å². The van der Waals surface area contributed by atoms with Gasteiger partial charge in [0, 0.05) is 43.9 Å². The van der Waals surface area contributed by atoms with Gasteiger partial charge in [-0.1, -0.05) is 0 Å². The van der Waals surface area contributed by atoms with Gasteiger partial charge in [0.25, 0.3) is 0 Å². The minimum Gasteiger partial charge on any atom is -0.399 e. The number of likely N-dealkylation sites (tertiary alicyclic amines) is 1. The normalized spacial score (nSPS) is 26.5. The van der Waals surface area contributed by atoms with Crippen LogP contribution in [0.4, 0.5) is 5.95 Å². The van der Waals surface area contributed by atoms with Crippen LogP contribution in [0.5, 0.6) is 0 Å². The summed E-state index contributed by atoms with van der Waals surface area (Å²) in [6, 6.07) is 0.786. The van der Waals surface area contributed by atoms with Gasteiger partial charge < -0.3 is 19.1 Å². The van der Waals surface area contributed by atoms with Crippen LogP contribution in [0.25, 0.3) is 0 Å². The molecule has 3 heterocycles. The number of amides is 1. The van der Waals surface area contributed by atoms with E-state index in [1.807, 2.05) is 45.0 Å². The standard InChI is InChI=1S/C19H29BN4O3/c1-13(25)23-9-8-16(12-23)24(15-6-7-15)17-21-10-14(11-22-17)20-26-18(2,3)19(4,5)27-20/h10-11,15-16H,6-9,12H2,1-5H3/t16-/m0/s1. The first-order valence-electron chi connectivity index (χ1n) is 9.89. The molecule has 1 aromatic heterocycles. The highest BCUT2D eigenvalue weighted by Crippen LogP contribution is 2.37. The average molecular weight is 372 g/mol. The maximum atomic E-state index is 11.7. The fourth-order valence-corrected chi connectivity index (χ4v) is 3.80. The molecule has 0 spiro atoms. The minimum absolute atomic E-state index is 0.144. The Balaban J connectivity index is 1.50. The summed E-state index contributed by atoms with van der Waals surface area (Å²) in [5.41, 5.74) is 0.0807. The predicted octanol–water partition coefficient (Wildman–Crippen LogP) is 1.37. The third kappa shape index (κ3) is 3.45. The molecule has 7 nitrogen and oxygen atoms in total. The van der Waals surface area contributed by atoms with Crippen molar-refractivity contribution in [3.05, 3.63) is 12.4 Å². The van der Waals surface area contributed by atoms with Gasteiger partial charge in [0.2, 0.25) is 11.9 Å². The Hall–Kier alpha value is -1.67. The number of anilines is 1. The zero-order valence-electron chi connectivity index (χ0n) is 16.9. The van der Waals surface area contributed by atoms with Gasteiger partial charge in [0.1, 0.15) is 0 Å². The Morgan fingerprint density at radius 3 is 2.19 bits per heavy atom. The van der Waals surface area contributed by atoms with E-state index in [-0.39, 0.29) is 17.1 Å². The molecule has 0 aromatic carbocycles. The molecule has 27 heavy (non-hydrogen) atoms. The molecular weight excluding hydrogens is 343 g/mol. The lowest BCUT2D eigenvalue weighted by Gasteiger charge is -2.32. The molecule has 0 bridgehead atoms. The fourth-order valence-electron chi connectivity index (χ4n) is 3.80. The van der Waals surface area contributed by atoms with Crippen molar-refractivity contribution < 1.29 is 14.1 Å². The number of carbonyl (C=O) groups excluding carboxylic acids is 1. The van der Waals surface area contributed by atoms with Crippen LogP contribution in [0.15, 0.2) is 12.4 Å². The molecule has 1 atom stereocenters. The molecule has 1 aromatic rings. The molecule has 4 rings (SSSR count). The van der Waals surface area contributed by atoms with Crippen LogP contribution in [0.2, 0.25) is 0 Å². The van der Waals surface area contributed by atoms with Gasteiger partial charge in [0.15, 0.2) is 0 Å². The summed E-state index contributed by atoms with van der Waals surface area (Å²) in [5.74, 6) is 0.887. The van der Waals surface area contributed by atoms with Gasteiger partial charge in [-0.25, -0.2) is 9.97 Å². The van der Waals surface area contributed by atoms with Crippen molar-refractivity contribution in [1.29, 1.82) is 0 Å². The van der Waals surface area contributed by atoms with Crippen LogP contribution in [-0.2, 0) is 14.1 Å². The maximum Gasteiger partial charge on any atom is 0.498 e. The van der Waals surface area contributed by atoms with Gasteiger partial charge in [0.05, 0.1) is 17.2 Å². The fraction of sp³-hybridized carbons (Fsp3) is 0.737. The van der Waals surface area contributed by atoms with Crippen molar-refractivity contribution in [3.8, 4) is 0 Å². The van der Waals surface area contributed by atoms with Crippen LogP contribution in [-0.4, -0.2) is 64.3 Å². The second kappa shape index (κ2) is 6.45. The zero-order valence-corrected chi connectivity index (χ0v) is 16.9. The number of hydrogen-bond donors (Lipinski definition) is 0. The van der Waals surface area contributed by atoms with Crippen molar-refractivity contribution in [2.75, 3.05) is 18.0 Å². The molecule has 3 aliphatic rings. The third-order valence-electron chi connectivity index (χ3n) is 6.36. The maximum absolute atomic E-state index is 11.7. The van der Waals surface area contributed by atoms with E-state index < -0.39 is 7.12 Å². The van der Waals surface area contributed by atoms with E-state index in [9.17, 15) is 4.79 Å². The van der Waals surface area contributed by atoms with E-state index in [0.717, 1.165) is 30.9 Å². The summed E-state index contributed by atoms with van der Waals surface area (Å²) >= 11 is 0. The van der Waals surface area contributed by atoms with Crippen LogP contribution in [0.3, 0.4) is 0 Å². The van der Waals surface area contributed by atoms with Gasteiger partial charge in [-0.3, -0.25) is 4.79 Å². The molecule has 0 unspecified atom stereocenters. The van der Waals surface area contributed by atoms with E-state index in [2.05, 4.69) is 14.9 Å². The van der Waals surface area contributed by atoms with E-state index in [1.54, 1.807) is 6.92 Å². The molecule has 146 valence electrons. The lowest BCUT2D eigenvalue weighted by molar-refractivity contribution is -0.127. The molecule has 2 aliphatic heterocycles. The topological polar surface area (TPSA) is 67.8 Å². The SMILES string of the molecule is CC(=O)N1CC[C@H](N(c2ncc(B3OC(C)(C)C(C)(C)O3)cn2)C2CC2)C1. The summed E-state index contributed by atoms with van der Waals surface area (Å²) in [6.07, 6.45) is 6.94. The molecule has 8 heteroatoms. The number of aromatic nitrogens is 2. The smallest absolute Gasteiger partial charge is 0.399 e. The average Bonchev–Trinajstić information content (AvgIpc) is 3.24. The van der Waals surface area contributed by atoms with Crippen molar-refractivity contribution in [2.24, 2.45) is 0 Å². The zero-order chi connectivity index (χ0) is 19.4. The van der Waals surface area contributed by atoms with Crippen LogP contribution in [0.1, 0.15) is 53.9 Å². The summed E-state index contributed by atoms with van der Waals surface area (Å²) in [6.45, 7) is 11.4. The Labute approximate surface area is 161 Å². The number of carbonyl (C=O) groups is 1. The Bertz CT molecular complexity index is 704. The molecular formula is C19H29BN4O3. The Morgan fingerprint density at radius 2 is 1.70 bits per heavy atom. The van der Waals surface area contributed by atoms with E-state index in [0.29, 0.717) is 12.1 Å². The molecule has 1 aliphatic carbocycles. The van der Waals surface area contributed by atoms with Crippen LogP contribution < -0.4 is 10.4 Å². The van der Waals surface area contributed by atoms with Crippen LogP contribution in [0, 0.1) is 0 Å². The number of hydrogen-bond acceptors (Lipinski definition) is 6. The molecule has 1 amide bonds. The first-order valence-corrected chi connectivity index (χ1v) is 9.89. The molecule has 0 radical (unpaired) electrons. The first kappa shape index (κ1) is 18.7. The summed E-state index contributed by atoms with van der Waals surface area (Å²) in [5, 5.41) is 0. The van der Waals surface area contributed by atoms with E-state index >= 15 is 0 Å². The van der Waals surface area contributed by atoms with Crippen molar-refractivity contribution in [3.63, 3.8) is 0 Å². The van der Waals surface area contributed by atoms with Gasteiger partial charge in [-0.15, -0.1) is 0 Å². The highest BCUT2D eigenvalue weighted by Gasteiger charge is 2.52. The summed E-state index contributed by atoms with van der Waals surface area (Å²) in [4.78, 5) is 25.2. The minimum atomic E-state index is -0.446. The largest absolute Gasteiger partial charge is 0.498 e. The van der Waals surface area contributed by atoms with Crippen molar-refractivity contribution >= 4 is 24.4 Å². The van der Waals surface area contributed by atoms with Crippen LogP contribution >= 0.6 is 0 Å². The number of rotatable bonds is 4. The molecule has 1 saturated carbocycles. The molecule has 3 fully saturated rings. The van der Waals surface area contributed by atoms with Crippen molar-refractivity contribution in [1.82, 2.24) is 14.9 Å². The first-order chi connectivity index (χ1) is 12.7. The third-order valence-corrected chi connectivity index (χ3v) is 6.36. The second-order valence-corrected chi connectivity index (χ2v) is 8.95. The monoisotopic (exact) mass is 372 g/mol.